The van der Waals surface area contributed by atoms with E-state index in [4.69, 9.17) is 21.4 Å². The molecule has 2 N–H and O–H groups in total. The lowest BCUT2D eigenvalue weighted by molar-refractivity contribution is -0.127. The van der Waals surface area contributed by atoms with Gasteiger partial charge >= 0.3 is 5.97 Å². The highest BCUT2D eigenvalue weighted by molar-refractivity contribution is 6.32. The molecule has 102 valence electrons. The first-order valence-corrected chi connectivity index (χ1v) is 6.43. The Bertz CT molecular complexity index is 503. The fraction of sp³-hybridized carbons (Fsp3) is 0.385. The van der Waals surface area contributed by atoms with E-state index in [0.717, 1.165) is 12.8 Å². The van der Waals surface area contributed by atoms with E-state index in [1.807, 2.05) is 0 Å². The molecule has 0 aromatic heterocycles. The Labute approximate surface area is 115 Å². The topological polar surface area (TPSA) is 75.6 Å². The number of carbonyl (C=O) groups is 2. The molecule has 1 aromatic carbocycles. The first-order chi connectivity index (χ1) is 9.08. The molecular weight excluding hydrogens is 270 g/mol. The predicted octanol–water partition coefficient (Wildman–Crippen LogP) is 2.09. The van der Waals surface area contributed by atoms with E-state index < -0.39 is 12.1 Å². The third-order valence-electron chi connectivity index (χ3n) is 2.93. The van der Waals surface area contributed by atoms with Gasteiger partial charge in [-0.2, -0.15) is 0 Å². The molecule has 1 unspecified atom stereocenters. The second kappa shape index (κ2) is 5.93. The molecule has 1 aromatic rings. The van der Waals surface area contributed by atoms with E-state index in [-0.39, 0.29) is 16.5 Å². The van der Waals surface area contributed by atoms with Crippen molar-refractivity contribution in [1.29, 1.82) is 0 Å². The first-order valence-electron chi connectivity index (χ1n) is 6.05. The fourth-order valence-electron chi connectivity index (χ4n) is 1.91. The van der Waals surface area contributed by atoms with Crippen LogP contribution in [-0.4, -0.2) is 29.6 Å². The Balaban J connectivity index is 2.14. The molecule has 0 radical (unpaired) electrons. The minimum atomic E-state index is -1.05. The molecule has 5 nitrogen and oxygen atoms in total. The fourth-order valence-corrected chi connectivity index (χ4v) is 2.13. The Kier molecular flexibility index (Phi) is 4.27. The Morgan fingerprint density at radius 1 is 1.42 bits per heavy atom. The quantitative estimate of drug-likeness (QED) is 0.890. The number of amides is 1. The third-order valence-corrected chi connectivity index (χ3v) is 3.23. The van der Waals surface area contributed by atoms with Crippen molar-refractivity contribution in [2.45, 2.75) is 25.4 Å². The maximum atomic E-state index is 11.7. The van der Waals surface area contributed by atoms with Gasteiger partial charge in [0.05, 0.1) is 10.6 Å². The molecule has 1 amide bonds. The summed E-state index contributed by atoms with van der Waals surface area (Å²) in [6.07, 6.45) is 1.88. The van der Waals surface area contributed by atoms with Crippen LogP contribution in [0.4, 0.5) is 0 Å². The number of rotatable bonds is 3. The third kappa shape index (κ3) is 3.38. The molecule has 19 heavy (non-hydrogen) atoms. The van der Waals surface area contributed by atoms with Crippen LogP contribution < -0.4 is 10.1 Å². The zero-order valence-corrected chi connectivity index (χ0v) is 10.9. The number of aromatic carboxylic acids is 1. The number of nitrogens with one attached hydrogen (secondary N) is 1. The maximum Gasteiger partial charge on any atom is 0.335 e. The Hall–Kier alpha value is -1.75. The Morgan fingerprint density at radius 3 is 2.89 bits per heavy atom. The van der Waals surface area contributed by atoms with Gasteiger partial charge in [0.2, 0.25) is 0 Å². The average Bonchev–Trinajstić information content (AvgIpc) is 2.57. The van der Waals surface area contributed by atoms with Crippen LogP contribution in [0.15, 0.2) is 18.2 Å². The maximum absolute atomic E-state index is 11.7. The van der Waals surface area contributed by atoms with Gasteiger partial charge in [-0.05, 0) is 37.5 Å². The van der Waals surface area contributed by atoms with Crippen LogP contribution >= 0.6 is 11.6 Å². The van der Waals surface area contributed by atoms with Gasteiger partial charge in [-0.3, -0.25) is 4.79 Å². The standard InChI is InChI=1S/C13H14ClNO4/c14-9-7-8(13(17)18)4-5-10(9)19-11-3-1-2-6-15-12(11)16/h4-5,7,11H,1-3,6H2,(H,15,16)(H,17,18). The molecule has 1 atom stereocenters. The number of ether oxygens (including phenoxy) is 1. The summed E-state index contributed by atoms with van der Waals surface area (Å²) in [5.41, 5.74) is 0.0858. The molecule has 0 spiro atoms. The second-order valence-corrected chi connectivity index (χ2v) is 4.75. The van der Waals surface area contributed by atoms with E-state index in [9.17, 15) is 9.59 Å². The van der Waals surface area contributed by atoms with Gasteiger partial charge < -0.3 is 15.2 Å². The van der Waals surface area contributed by atoms with Crippen LogP contribution in [0.3, 0.4) is 0 Å². The van der Waals surface area contributed by atoms with Crippen molar-refractivity contribution in [2.24, 2.45) is 0 Å². The van der Waals surface area contributed by atoms with E-state index in [1.165, 1.54) is 18.2 Å². The number of hydrogen-bond donors (Lipinski definition) is 2. The van der Waals surface area contributed by atoms with E-state index in [1.54, 1.807) is 0 Å². The molecule has 0 aliphatic carbocycles. The summed E-state index contributed by atoms with van der Waals surface area (Å²) in [4.78, 5) is 22.5. The zero-order valence-electron chi connectivity index (χ0n) is 10.2. The van der Waals surface area contributed by atoms with Gasteiger partial charge in [-0.15, -0.1) is 0 Å². The molecule has 2 rings (SSSR count). The summed E-state index contributed by atoms with van der Waals surface area (Å²) >= 11 is 5.96. The van der Waals surface area contributed by atoms with Gasteiger partial charge in [0.15, 0.2) is 6.10 Å². The molecule has 1 aliphatic heterocycles. The summed E-state index contributed by atoms with van der Waals surface area (Å²) in [6, 6.07) is 4.19. The van der Waals surface area contributed by atoms with Gasteiger partial charge in [0.1, 0.15) is 5.75 Å². The van der Waals surface area contributed by atoms with Crippen molar-refractivity contribution < 1.29 is 19.4 Å². The first kappa shape index (κ1) is 13.7. The lowest BCUT2D eigenvalue weighted by Gasteiger charge is -2.16. The smallest absolute Gasteiger partial charge is 0.335 e. The molecule has 0 saturated carbocycles. The number of carboxylic acids is 1. The largest absolute Gasteiger partial charge is 0.479 e. The number of carbonyl (C=O) groups excluding carboxylic acids is 1. The van der Waals surface area contributed by atoms with E-state index in [0.29, 0.717) is 18.7 Å². The minimum absolute atomic E-state index is 0.0858. The van der Waals surface area contributed by atoms with Crippen molar-refractivity contribution in [1.82, 2.24) is 5.32 Å². The monoisotopic (exact) mass is 283 g/mol. The van der Waals surface area contributed by atoms with Crippen LogP contribution in [0.2, 0.25) is 5.02 Å². The highest BCUT2D eigenvalue weighted by Crippen LogP contribution is 2.27. The van der Waals surface area contributed by atoms with Crippen molar-refractivity contribution in [3.8, 4) is 5.75 Å². The normalized spacial score (nSPS) is 19.4. The van der Waals surface area contributed by atoms with Gasteiger partial charge in [-0.1, -0.05) is 11.6 Å². The zero-order chi connectivity index (χ0) is 13.8. The highest BCUT2D eigenvalue weighted by atomic mass is 35.5. The molecular formula is C13H14ClNO4. The van der Waals surface area contributed by atoms with Crippen molar-refractivity contribution in [3.05, 3.63) is 28.8 Å². The molecule has 6 heteroatoms. The molecule has 1 fully saturated rings. The van der Waals surface area contributed by atoms with Crippen LogP contribution in [0.25, 0.3) is 0 Å². The SMILES string of the molecule is O=C(O)c1ccc(OC2CCCCNC2=O)c(Cl)c1. The number of halogens is 1. The summed E-state index contributed by atoms with van der Waals surface area (Å²) in [6.45, 7) is 0.657. The predicted molar refractivity (Wildman–Crippen MR) is 69.7 cm³/mol. The van der Waals surface area contributed by atoms with Crippen LogP contribution in [-0.2, 0) is 4.79 Å². The summed E-state index contributed by atoms with van der Waals surface area (Å²) in [7, 11) is 0. The van der Waals surface area contributed by atoms with Crippen LogP contribution in [0.5, 0.6) is 5.75 Å². The van der Waals surface area contributed by atoms with E-state index in [2.05, 4.69) is 5.32 Å². The molecule has 1 heterocycles. The lowest BCUT2D eigenvalue weighted by Crippen LogP contribution is -2.36. The average molecular weight is 284 g/mol. The second-order valence-electron chi connectivity index (χ2n) is 4.34. The number of carboxylic acid groups (broad SMARTS) is 1. The summed E-state index contributed by atoms with van der Waals surface area (Å²) in [5, 5.41) is 11.8. The van der Waals surface area contributed by atoms with Crippen LogP contribution in [0, 0.1) is 0 Å². The van der Waals surface area contributed by atoms with E-state index >= 15 is 0 Å². The lowest BCUT2D eigenvalue weighted by atomic mass is 10.1. The van der Waals surface area contributed by atoms with Crippen molar-refractivity contribution in [3.63, 3.8) is 0 Å². The van der Waals surface area contributed by atoms with Crippen molar-refractivity contribution in [2.75, 3.05) is 6.54 Å². The highest BCUT2D eigenvalue weighted by Gasteiger charge is 2.23. The number of hydrogen-bond acceptors (Lipinski definition) is 3. The van der Waals surface area contributed by atoms with Crippen molar-refractivity contribution >= 4 is 23.5 Å². The summed E-state index contributed by atoms with van der Waals surface area (Å²) in [5.74, 6) is -0.884. The molecule has 1 saturated heterocycles. The van der Waals surface area contributed by atoms with Gasteiger partial charge in [-0.25, -0.2) is 4.79 Å². The molecule has 0 bridgehead atoms. The summed E-state index contributed by atoms with van der Waals surface area (Å²) < 4.78 is 5.58. The van der Waals surface area contributed by atoms with Gasteiger partial charge in [0.25, 0.3) is 5.91 Å². The Morgan fingerprint density at radius 2 is 2.21 bits per heavy atom. The number of benzene rings is 1. The minimum Gasteiger partial charge on any atom is -0.479 e. The molecule has 1 aliphatic rings. The van der Waals surface area contributed by atoms with Gasteiger partial charge in [0, 0.05) is 6.54 Å². The van der Waals surface area contributed by atoms with Crippen LogP contribution in [0.1, 0.15) is 29.6 Å².